The molecule has 5 aromatic rings. The van der Waals surface area contributed by atoms with Gasteiger partial charge >= 0.3 is 0 Å². The van der Waals surface area contributed by atoms with Crippen LogP contribution in [-0.2, 0) is 0 Å². The van der Waals surface area contributed by atoms with Crippen LogP contribution >= 0.6 is 0 Å². The SMILES string of the molecule is O=C1c2ccccc2[C@H]2C[C@H](c3ccc([C@@H]4C[C@H]5c6ccccc6C(=O)N5n5cccc54)[nH]3)c3cccn3N12. The second-order valence-electron chi connectivity index (χ2n) is 11.0. The average molecular weight is 512 g/mol. The predicted molar refractivity (Wildman–Crippen MR) is 146 cm³/mol. The number of carbonyl (C=O) groups excluding carboxylic acids is 2. The molecular weight excluding hydrogens is 486 g/mol. The number of nitrogens with zero attached hydrogens (tertiary/aromatic N) is 4. The number of carbonyl (C=O) groups is 2. The second kappa shape index (κ2) is 7.41. The Hall–Kier alpha value is -4.78. The number of aromatic nitrogens is 3. The zero-order chi connectivity index (χ0) is 25.8. The zero-order valence-electron chi connectivity index (χ0n) is 21.1. The number of nitrogens with one attached hydrogen (secondary N) is 1. The van der Waals surface area contributed by atoms with Gasteiger partial charge in [-0.2, -0.15) is 0 Å². The van der Waals surface area contributed by atoms with Crippen molar-refractivity contribution >= 4 is 11.8 Å². The van der Waals surface area contributed by atoms with E-state index < -0.39 is 0 Å². The number of fused-ring (bicyclic) bond motifs is 10. The van der Waals surface area contributed by atoms with E-state index in [1.807, 2.05) is 80.3 Å². The molecule has 9 rings (SSSR count). The summed E-state index contributed by atoms with van der Waals surface area (Å²) in [6.45, 7) is 0. The molecule has 0 aliphatic carbocycles. The van der Waals surface area contributed by atoms with Crippen LogP contribution in [0.1, 0.15) is 91.4 Å². The van der Waals surface area contributed by atoms with Crippen LogP contribution in [0.4, 0.5) is 0 Å². The van der Waals surface area contributed by atoms with Crippen LogP contribution in [0.5, 0.6) is 0 Å². The monoisotopic (exact) mass is 511 g/mol. The molecule has 0 saturated heterocycles. The third-order valence-electron chi connectivity index (χ3n) is 9.20. The number of rotatable bonds is 2. The molecule has 1 N–H and O–H groups in total. The van der Waals surface area contributed by atoms with E-state index >= 15 is 0 Å². The van der Waals surface area contributed by atoms with E-state index in [9.17, 15) is 9.59 Å². The summed E-state index contributed by atoms with van der Waals surface area (Å²) in [5, 5.41) is 3.83. The first-order valence-corrected chi connectivity index (χ1v) is 13.6. The smallest absolute Gasteiger partial charge is 0.273 e. The topological polar surface area (TPSA) is 66.3 Å². The largest absolute Gasteiger partial charge is 0.361 e. The molecule has 190 valence electrons. The fourth-order valence-electron chi connectivity index (χ4n) is 7.52. The third kappa shape index (κ3) is 2.67. The van der Waals surface area contributed by atoms with Crippen LogP contribution in [0.15, 0.2) is 97.3 Å². The standard InChI is InChI=1S/C32H25N5O2/c38-31-21-9-3-1-7-19(21)29-17-23(27-11-5-15-34(27)36(29)31)25-13-14-26(33-25)24-18-30-20-8-2-4-10-22(20)32(39)37(30)35-16-6-12-28(24)35/h1-16,23-24,29-30,33H,17-18H2/t23-,24+,29-,30+. The van der Waals surface area contributed by atoms with Gasteiger partial charge in [-0.05, 0) is 72.5 Å². The molecule has 7 heteroatoms. The lowest BCUT2D eigenvalue weighted by atomic mass is 9.89. The minimum Gasteiger partial charge on any atom is -0.361 e. The van der Waals surface area contributed by atoms with E-state index in [0.717, 1.165) is 57.9 Å². The van der Waals surface area contributed by atoms with Crippen molar-refractivity contribution in [1.29, 1.82) is 0 Å². The molecule has 0 fully saturated rings. The summed E-state index contributed by atoms with van der Waals surface area (Å²) in [4.78, 5) is 30.4. The highest BCUT2D eigenvalue weighted by Crippen LogP contribution is 2.48. The molecule has 2 amide bonds. The van der Waals surface area contributed by atoms with Gasteiger partial charge in [-0.3, -0.25) is 18.9 Å². The fourth-order valence-corrected chi connectivity index (χ4v) is 7.52. The van der Waals surface area contributed by atoms with Crippen LogP contribution in [0.3, 0.4) is 0 Å². The van der Waals surface area contributed by atoms with E-state index in [2.05, 4.69) is 41.4 Å². The second-order valence-corrected chi connectivity index (χ2v) is 11.0. The number of hydrogen-bond donors (Lipinski definition) is 1. The van der Waals surface area contributed by atoms with Gasteiger partial charge in [-0.15, -0.1) is 0 Å². The van der Waals surface area contributed by atoms with Crippen LogP contribution < -0.4 is 10.0 Å². The number of benzene rings is 2. The van der Waals surface area contributed by atoms with Gasteiger partial charge in [-0.25, -0.2) is 10.0 Å². The number of hydrogen-bond acceptors (Lipinski definition) is 2. The first kappa shape index (κ1) is 21.2. The molecule has 0 unspecified atom stereocenters. The molecule has 0 bridgehead atoms. The van der Waals surface area contributed by atoms with E-state index in [1.54, 1.807) is 0 Å². The first-order chi connectivity index (χ1) is 19.2. The van der Waals surface area contributed by atoms with E-state index in [-0.39, 0.29) is 35.7 Å². The van der Waals surface area contributed by atoms with Crippen molar-refractivity contribution in [2.45, 2.75) is 36.8 Å². The van der Waals surface area contributed by atoms with Crippen molar-refractivity contribution in [3.63, 3.8) is 0 Å². The maximum Gasteiger partial charge on any atom is 0.273 e. The quantitative estimate of drug-likeness (QED) is 0.347. The van der Waals surface area contributed by atoms with Gasteiger partial charge in [0.05, 0.1) is 12.1 Å². The third-order valence-corrected chi connectivity index (χ3v) is 9.20. The van der Waals surface area contributed by atoms with Gasteiger partial charge in [0.15, 0.2) is 0 Å². The van der Waals surface area contributed by atoms with E-state index in [4.69, 9.17) is 0 Å². The number of H-pyrrole nitrogens is 1. The van der Waals surface area contributed by atoms with Gasteiger partial charge in [0.2, 0.25) is 0 Å². The Bertz CT molecular complexity index is 1690. The molecule has 4 aliphatic rings. The van der Waals surface area contributed by atoms with Crippen LogP contribution in [0.2, 0.25) is 0 Å². The number of amides is 2. The van der Waals surface area contributed by atoms with Crippen LogP contribution in [-0.4, -0.2) is 26.2 Å². The van der Waals surface area contributed by atoms with Gasteiger partial charge in [0.1, 0.15) is 0 Å². The Kier molecular flexibility index (Phi) is 4.03. The summed E-state index contributed by atoms with van der Waals surface area (Å²) in [5.41, 5.74) is 8.36. The molecule has 4 atom stereocenters. The molecule has 39 heavy (non-hydrogen) atoms. The van der Waals surface area contributed by atoms with Gasteiger partial charge in [0, 0.05) is 58.1 Å². The van der Waals surface area contributed by atoms with Gasteiger partial charge in [0.25, 0.3) is 11.8 Å². The zero-order valence-corrected chi connectivity index (χ0v) is 21.1. The summed E-state index contributed by atoms with van der Waals surface area (Å²) < 4.78 is 4.10. The molecule has 2 aromatic carbocycles. The minimum absolute atomic E-state index is 0.00632. The summed E-state index contributed by atoms with van der Waals surface area (Å²) in [5.74, 6) is 0.402. The molecule has 0 radical (unpaired) electrons. The Labute approximate surface area is 224 Å². The lowest BCUT2D eigenvalue weighted by Gasteiger charge is -2.37. The van der Waals surface area contributed by atoms with Crippen molar-refractivity contribution in [2.75, 3.05) is 10.0 Å². The maximum absolute atomic E-state index is 13.3. The van der Waals surface area contributed by atoms with Crippen molar-refractivity contribution in [2.24, 2.45) is 0 Å². The van der Waals surface area contributed by atoms with Crippen molar-refractivity contribution in [1.82, 2.24) is 14.3 Å². The van der Waals surface area contributed by atoms with Gasteiger partial charge in [-0.1, -0.05) is 36.4 Å². The molecule has 7 nitrogen and oxygen atoms in total. The van der Waals surface area contributed by atoms with Crippen LogP contribution in [0.25, 0.3) is 0 Å². The lowest BCUT2D eigenvalue weighted by Crippen LogP contribution is -2.43. The lowest BCUT2D eigenvalue weighted by molar-refractivity contribution is 0.0945. The minimum atomic E-state index is 0.00632. The summed E-state index contributed by atoms with van der Waals surface area (Å²) in [6.07, 6.45) is 5.65. The average Bonchev–Trinajstić information content (AvgIpc) is 3.79. The normalized spacial score (nSPS) is 24.2. The Balaban J connectivity index is 1.11. The predicted octanol–water partition coefficient (Wildman–Crippen LogP) is 5.36. The molecular formula is C32H25N5O2. The van der Waals surface area contributed by atoms with E-state index in [0.29, 0.717) is 0 Å². The maximum atomic E-state index is 13.3. The highest BCUT2D eigenvalue weighted by atomic mass is 16.2. The molecule has 4 aliphatic heterocycles. The fraction of sp³-hybridized carbons (Fsp3) is 0.188. The molecule has 0 saturated carbocycles. The van der Waals surface area contributed by atoms with Crippen molar-refractivity contribution < 1.29 is 9.59 Å². The Morgan fingerprint density at radius 2 is 1.03 bits per heavy atom. The highest BCUT2D eigenvalue weighted by Gasteiger charge is 2.46. The number of aromatic amines is 1. The molecule has 7 heterocycles. The van der Waals surface area contributed by atoms with Gasteiger partial charge < -0.3 is 4.98 Å². The van der Waals surface area contributed by atoms with Crippen LogP contribution in [0, 0.1) is 0 Å². The summed E-state index contributed by atoms with van der Waals surface area (Å²) in [6, 6.07) is 28.7. The Morgan fingerprint density at radius 3 is 1.51 bits per heavy atom. The highest BCUT2D eigenvalue weighted by molar-refractivity contribution is 6.07. The Morgan fingerprint density at radius 1 is 0.564 bits per heavy atom. The van der Waals surface area contributed by atoms with E-state index in [1.165, 1.54) is 0 Å². The first-order valence-electron chi connectivity index (χ1n) is 13.6. The van der Waals surface area contributed by atoms with Crippen molar-refractivity contribution in [3.8, 4) is 0 Å². The summed E-state index contributed by atoms with van der Waals surface area (Å²) in [7, 11) is 0. The van der Waals surface area contributed by atoms with Crippen molar-refractivity contribution in [3.05, 3.63) is 142 Å². The molecule has 3 aromatic heterocycles. The summed E-state index contributed by atoms with van der Waals surface area (Å²) >= 11 is 0. The molecule has 0 spiro atoms.